The molecule has 25 heavy (non-hydrogen) atoms. The molecule has 0 aliphatic carbocycles. The molecule has 2 aromatic rings. The minimum absolute atomic E-state index is 0.0507. The number of benzene rings is 1. The van der Waals surface area contributed by atoms with Crippen LogP contribution in [0.3, 0.4) is 0 Å². The summed E-state index contributed by atoms with van der Waals surface area (Å²) in [6.45, 7) is 1.27. The Kier molecular flexibility index (Phi) is 5.49. The molecular weight excluding hydrogens is 436 g/mol. The fourth-order valence-electron chi connectivity index (χ4n) is 2.32. The lowest BCUT2D eigenvalue weighted by molar-refractivity contribution is 0.0730. The largest absolute Gasteiger partial charge is 0.444 e. The molecule has 0 spiro atoms. The number of carbonyl (C=O) groups excluding carboxylic acids is 1. The standard InChI is InChI=1S/C15H14BrClN2O5S/c16-14-4-3-13(24-14)15(20)18-12-9-10(1-2-11(12)17)25(21,22)19-5-7-23-8-6-19/h1-4,9H,5-8H2,(H,18,20). The topological polar surface area (TPSA) is 88.9 Å². The number of hydrogen-bond donors (Lipinski definition) is 1. The first-order chi connectivity index (χ1) is 11.9. The molecule has 0 unspecified atom stereocenters. The second-order valence-electron chi connectivity index (χ2n) is 5.22. The van der Waals surface area contributed by atoms with Gasteiger partial charge in [-0.15, -0.1) is 0 Å². The lowest BCUT2D eigenvalue weighted by Crippen LogP contribution is -2.40. The molecule has 1 aromatic heterocycles. The van der Waals surface area contributed by atoms with Crippen molar-refractivity contribution >= 4 is 49.1 Å². The lowest BCUT2D eigenvalue weighted by atomic mass is 10.3. The third-order valence-electron chi connectivity index (χ3n) is 3.59. The Balaban J connectivity index is 1.86. The first-order valence-electron chi connectivity index (χ1n) is 7.32. The maximum Gasteiger partial charge on any atom is 0.291 e. The summed E-state index contributed by atoms with van der Waals surface area (Å²) < 4.78 is 37.5. The highest BCUT2D eigenvalue weighted by molar-refractivity contribution is 9.10. The van der Waals surface area contributed by atoms with Gasteiger partial charge in [-0.3, -0.25) is 4.79 Å². The average Bonchev–Trinajstić information content (AvgIpc) is 3.04. The van der Waals surface area contributed by atoms with E-state index in [1.54, 1.807) is 6.07 Å². The molecule has 1 aliphatic heterocycles. The van der Waals surface area contributed by atoms with Gasteiger partial charge in [0.25, 0.3) is 5.91 Å². The van der Waals surface area contributed by atoms with Crippen LogP contribution in [0.1, 0.15) is 10.6 Å². The summed E-state index contributed by atoms with van der Waals surface area (Å²) >= 11 is 9.20. The fraction of sp³-hybridized carbons (Fsp3) is 0.267. The molecule has 134 valence electrons. The number of rotatable bonds is 4. The third-order valence-corrected chi connectivity index (χ3v) is 6.24. The van der Waals surface area contributed by atoms with Gasteiger partial charge in [-0.1, -0.05) is 11.6 Å². The van der Waals surface area contributed by atoms with Crippen LogP contribution in [0.25, 0.3) is 0 Å². The number of nitrogens with one attached hydrogen (secondary N) is 1. The summed E-state index contributed by atoms with van der Waals surface area (Å²) in [5.41, 5.74) is 0.188. The zero-order chi connectivity index (χ0) is 18.0. The van der Waals surface area contributed by atoms with Gasteiger partial charge in [-0.25, -0.2) is 8.42 Å². The second kappa shape index (κ2) is 7.46. The number of sulfonamides is 1. The van der Waals surface area contributed by atoms with Crippen molar-refractivity contribution in [2.75, 3.05) is 31.6 Å². The van der Waals surface area contributed by atoms with E-state index in [9.17, 15) is 13.2 Å². The number of halogens is 2. The van der Waals surface area contributed by atoms with Crippen molar-refractivity contribution in [2.45, 2.75) is 4.90 Å². The predicted molar refractivity (Wildman–Crippen MR) is 95.4 cm³/mol. The van der Waals surface area contributed by atoms with E-state index in [1.807, 2.05) is 0 Å². The summed E-state index contributed by atoms with van der Waals surface area (Å²) in [7, 11) is -3.69. The Morgan fingerprint density at radius 1 is 1.20 bits per heavy atom. The van der Waals surface area contributed by atoms with Crippen LogP contribution >= 0.6 is 27.5 Å². The summed E-state index contributed by atoms with van der Waals surface area (Å²) in [6.07, 6.45) is 0. The Labute approximate surface area is 158 Å². The van der Waals surface area contributed by atoms with E-state index in [-0.39, 0.29) is 34.5 Å². The fourth-order valence-corrected chi connectivity index (χ4v) is 4.22. The van der Waals surface area contributed by atoms with Crippen LogP contribution in [0.15, 0.2) is 44.3 Å². The van der Waals surface area contributed by atoms with E-state index in [0.717, 1.165) is 0 Å². The molecule has 7 nitrogen and oxygen atoms in total. The van der Waals surface area contributed by atoms with Gasteiger partial charge in [-0.2, -0.15) is 4.31 Å². The van der Waals surface area contributed by atoms with Crippen molar-refractivity contribution in [3.05, 3.63) is 45.8 Å². The number of hydrogen-bond acceptors (Lipinski definition) is 5. The van der Waals surface area contributed by atoms with E-state index < -0.39 is 15.9 Å². The zero-order valence-corrected chi connectivity index (χ0v) is 16.0. The van der Waals surface area contributed by atoms with Gasteiger partial charge in [0.1, 0.15) is 0 Å². The molecule has 1 aliphatic rings. The van der Waals surface area contributed by atoms with Gasteiger partial charge in [0.2, 0.25) is 10.0 Å². The van der Waals surface area contributed by atoms with Crippen LogP contribution in [-0.4, -0.2) is 44.9 Å². The molecule has 1 aromatic carbocycles. The van der Waals surface area contributed by atoms with Crippen LogP contribution in [0.2, 0.25) is 5.02 Å². The van der Waals surface area contributed by atoms with E-state index in [2.05, 4.69) is 21.2 Å². The predicted octanol–water partition coefficient (Wildman–Crippen LogP) is 2.97. The van der Waals surface area contributed by atoms with Crippen LogP contribution in [0.5, 0.6) is 0 Å². The minimum atomic E-state index is -3.69. The van der Waals surface area contributed by atoms with E-state index in [4.69, 9.17) is 20.8 Å². The minimum Gasteiger partial charge on any atom is -0.444 e. The summed E-state index contributed by atoms with van der Waals surface area (Å²) in [5, 5.41) is 2.78. The highest BCUT2D eigenvalue weighted by Gasteiger charge is 2.27. The van der Waals surface area contributed by atoms with Gasteiger partial charge in [-0.05, 0) is 46.3 Å². The van der Waals surface area contributed by atoms with Gasteiger partial charge < -0.3 is 14.5 Å². The lowest BCUT2D eigenvalue weighted by Gasteiger charge is -2.26. The Morgan fingerprint density at radius 3 is 2.56 bits per heavy atom. The molecule has 0 atom stereocenters. The Morgan fingerprint density at radius 2 is 1.92 bits per heavy atom. The van der Waals surface area contributed by atoms with Crippen molar-refractivity contribution in [1.82, 2.24) is 4.31 Å². The summed E-state index contributed by atoms with van der Waals surface area (Å²) in [6, 6.07) is 7.25. The second-order valence-corrected chi connectivity index (χ2v) is 8.34. The maximum atomic E-state index is 12.7. The SMILES string of the molecule is O=C(Nc1cc(S(=O)(=O)N2CCOCC2)ccc1Cl)c1ccc(Br)o1. The molecule has 1 fully saturated rings. The van der Waals surface area contributed by atoms with Crippen molar-refractivity contribution < 1.29 is 22.4 Å². The zero-order valence-electron chi connectivity index (χ0n) is 12.9. The highest BCUT2D eigenvalue weighted by atomic mass is 79.9. The molecule has 3 rings (SSSR count). The van der Waals surface area contributed by atoms with Crippen LogP contribution < -0.4 is 5.32 Å². The van der Waals surface area contributed by atoms with Crippen molar-refractivity contribution in [2.24, 2.45) is 0 Å². The number of amides is 1. The van der Waals surface area contributed by atoms with Gasteiger partial charge in [0.05, 0.1) is 28.8 Å². The molecule has 0 radical (unpaired) electrons. The third kappa shape index (κ3) is 4.06. The molecule has 0 bridgehead atoms. The van der Waals surface area contributed by atoms with Gasteiger partial charge >= 0.3 is 0 Å². The Bertz CT molecular complexity index is 893. The first kappa shape index (κ1) is 18.4. The first-order valence-corrected chi connectivity index (χ1v) is 9.93. The van der Waals surface area contributed by atoms with Crippen LogP contribution in [-0.2, 0) is 14.8 Å². The maximum absolute atomic E-state index is 12.7. The monoisotopic (exact) mass is 448 g/mol. The molecule has 10 heteroatoms. The van der Waals surface area contributed by atoms with E-state index in [1.165, 1.54) is 28.6 Å². The van der Waals surface area contributed by atoms with Crippen molar-refractivity contribution in [1.29, 1.82) is 0 Å². The van der Waals surface area contributed by atoms with Gasteiger partial charge in [0, 0.05) is 13.1 Å². The van der Waals surface area contributed by atoms with Crippen LogP contribution in [0.4, 0.5) is 5.69 Å². The Hall–Kier alpha value is -1.39. The van der Waals surface area contributed by atoms with Crippen molar-refractivity contribution in [3.8, 4) is 0 Å². The van der Waals surface area contributed by atoms with Crippen molar-refractivity contribution in [3.63, 3.8) is 0 Å². The van der Waals surface area contributed by atoms with Gasteiger partial charge in [0.15, 0.2) is 10.4 Å². The quantitative estimate of drug-likeness (QED) is 0.775. The number of furan rings is 1. The summed E-state index contributed by atoms with van der Waals surface area (Å²) in [5.74, 6) is -0.460. The molecule has 1 amide bonds. The molecule has 2 heterocycles. The number of nitrogens with zero attached hydrogens (tertiary/aromatic N) is 1. The summed E-state index contributed by atoms with van der Waals surface area (Å²) in [4.78, 5) is 12.2. The number of morpholine rings is 1. The average molecular weight is 450 g/mol. The number of anilines is 1. The van der Waals surface area contributed by atoms with E-state index in [0.29, 0.717) is 17.9 Å². The highest BCUT2D eigenvalue weighted by Crippen LogP contribution is 2.28. The molecule has 1 N–H and O–H groups in total. The van der Waals surface area contributed by atoms with Crippen LogP contribution in [0, 0.1) is 0 Å². The molecule has 1 saturated heterocycles. The number of carbonyl (C=O) groups is 1. The molecular formula is C15H14BrClN2O5S. The normalized spacial score (nSPS) is 15.9. The number of ether oxygens (including phenoxy) is 1. The van der Waals surface area contributed by atoms with E-state index >= 15 is 0 Å². The smallest absolute Gasteiger partial charge is 0.291 e. The molecule has 0 saturated carbocycles.